The zero-order valence-electron chi connectivity index (χ0n) is 11.9. The molecule has 1 atom stereocenters. The maximum absolute atomic E-state index is 10.4. The van der Waals surface area contributed by atoms with Crippen LogP contribution in [0, 0.1) is 13.8 Å². The molecule has 0 fully saturated rings. The van der Waals surface area contributed by atoms with Gasteiger partial charge in [-0.3, -0.25) is 4.98 Å². The molecule has 0 aliphatic heterocycles. The number of aryl methyl sites for hydroxylation is 2. The Bertz CT molecular complexity index is 593. The molecule has 1 unspecified atom stereocenters. The van der Waals surface area contributed by atoms with Gasteiger partial charge in [0.15, 0.2) is 0 Å². The van der Waals surface area contributed by atoms with E-state index in [-0.39, 0.29) is 0 Å². The first-order valence-electron chi connectivity index (χ1n) is 6.45. The molecule has 0 bridgehead atoms. The van der Waals surface area contributed by atoms with Crippen molar-refractivity contribution in [3.8, 4) is 5.75 Å². The van der Waals surface area contributed by atoms with Gasteiger partial charge in [0, 0.05) is 17.8 Å². The minimum atomic E-state index is -0.532. The topological polar surface area (TPSA) is 42.4 Å². The van der Waals surface area contributed by atoms with Gasteiger partial charge in [-0.2, -0.15) is 0 Å². The molecule has 0 aliphatic carbocycles. The molecule has 1 N–H and O–H groups in total. The Morgan fingerprint density at radius 2 is 1.85 bits per heavy atom. The first-order chi connectivity index (χ1) is 9.49. The Kier molecular flexibility index (Phi) is 4.78. The Labute approximate surface area is 127 Å². The lowest BCUT2D eigenvalue weighted by Crippen LogP contribution is -2.04. The molecule has 106 valence electrons. The fraction of sp³-hybridized carbons (Fsp3) is 0.312. The van der Waals surface area contributed by atoms with Gasteiger partial charge in [0.25, 0.3) is 0 Å². The highest BCUT2D eigenvalue weighted by Crippen LogP contribution is 2.28. The summed E-state index contributed by atoms with van der Waals surface area (Å²) in [4.78, 5) is 4.33. The van der Waals surface area contributed by atoms with Gasteiger partial charge in [-0.25, -0.2) is 0 Å². The van der Waals surface area contributed by atoms with Gasteiger partial charge in [-0.15, -0.1) is 0 Å². The number of benzene rings is 1. The molecule has 1 aromatic heterocycles. The maximum Gasteiger partial charge on any atom is 0.133 e. The van der Waals surface area contributed by atoms with Crippen molar-refractivity contribution in [2.24, 2.45) is 0 Å². The number of halogens is 1. The molecule has 4 heteroatoms. The molecular weight excluding hydrogens is 318 g/mol. The lowest BCUT2D eigenvalue weighted by atomic mass is 10.0. The Morgan fingerprint density at radius 1 is 1.20 bits per heavy atom. The van der Waals surface area contributed by atoms with Gasteiger partial charge in [-0.1, -0.05) is 6.07 Å². The standard InChI is InChI=1S/C16H18BrNO2/c1-10-6-13(7-11(2)18-10)15(19)9-12-4-5-16(20-3)14(17)8-12/h4-8,15,19H,9H2,1-3H3. The van der Waals surface area contributed by atoms with Crippen molar-refractivity contribution >= 4 is 15.9 Å². The van der Waals surface area contributed by atoms with E-state index < -0.39 is 6.10 Å². The van der Waals surface area contributed by atoms with E-state index in [0.29, 0.717) is 6.42 Å². The summed E-state index contributed by atoms with van der Waals surface area (Å²) >= 11 is 3.46. The highest BCUT2D eigenvalue weighted by molar-refractivity contribution is 9.10. The summed E-state index contributed by atoms with van der Waals surface area (Å²) in [6, 6.07) is 9.69. The van der Waals surface area contributed by atoms with E-state index in [1.165, 1.54) is 0 Å². The number of nitrogens with zero attached hydrogens (tertiary/aromatic N) is 1. The van der Waals surface area contributed by atoms with E-state index in [1.807, 2.05) is 44.2 Å². The van der Waals surface area contributed by atoms with Crippen molar-refractivity contribution in [1.82, 2.24) is 4.98 Å². The number of hydrogen-bond donors (Lipinski definition) is 1. The summed E-state index contributed by atoms with van der Waals surface area (Å²) in [6.07, 6.45) is 0.0292. The van der Waals surface area contributed by atoms with Crippen LogP contribution in [0.5, 0.6) is 5.75 Å². The molecule has 1 heterocycles. The minimum absolute atomic E-state index is 0.532. The van der Waals surface area contributed by atoms with Crippen LogP contribution in [0.1, 0.15) is 28.6 Å². The summed E-state index contributed by atoms with van der Waals surface area (Å²) in [5.74, 6) is 0.791. The lowest BCUT2D eigenvalue weighted by Gasteiger charge is -2.13. The van der Waals surface area contributed by atoms with Crippen molar-refractivity contribution < 1.29 is 9.84 Å². The summed E-state index contributed by atoms with van der Waals surface area (Å²) in [5, 5.41) is 10.4. The average molecular weight is 336 g/mol. The Hall–Kier alpha value is -1.39. The van der Waals surface area contributed by atoms with Crippen LogP contribution in [-0.4, -0.2) is 17.2 Å². The van der Waals surface area contributed by atoms with Crippen LogP contribution in [0.25, 0.3) is 0 Å². The van der Waals surface area contributed by atoms with Crippen molar-refractivity contribution in [1.29, 1.82) is 0 Å². The van der Waals surface area contributed by atoms with Gasteiger partial charge in [0.1, 0.15) is 5.75 Å². The average Bonchev–Trinajstić information content (AvgIpc) is 2.37. The molecule has 0 saturated carbocycles. The molecular formula is C16H18BrNO2. The normalized spacial score (nSPS) is 12.2. The fourth-order valence-corrected chi connectivity index (χ4v) is 2.83. The predicted octanol–water partition coefficient (Wildman–Crippen LogP) is 3.75. The molecule has 20 heavy (non-hydrogen) atoms. The first-order valence-corrected chi connectivity index (χ1v) is 7.24. The van der Waals surface area contributed by atoms with Gasteiger partial charge in [-0.05, 0) is 65.2 Å². The highest BCUT2D eigenvalue weighted by Gasteiger charge is 2.11. The van der Waals surface area contributed by atoms with Crippen LogP contribution in [-0.2, 0) is 6.42 Å². The smallest absolute Gasteiger partial charge is 0.133 e. The van der Waals surface area contributed by atoms with Gasteiger partial charge < -0.3 is 9.84 Å². The largest absolute Gasteiger partial charge is 0.496 e. The second-order valence-corrected chi connectivity index (χ2v) is 5.73. The number of hydrogen-bond acceptors (Lipinski definition) is 3. The van der Waals surface area contributed by atoms with Crippen LogP contribution in [0.3, 0.4) is 0 Å². The van der Waals surface area contributed by atoms with Crippen LogP contribution in [0.15, 0.2) is 34.8 Å². The number of methoxy groups -OCH3 is 1. The third-order valence-electron chi connectivity index (χ3n) is 3.13. The number of rotatable bonds is 4. The number of aromatic nitrogens is 1. The lowest BCUT2D eigenvalue weighted by molar-refractivity contribution is 0.178. The zero-order chi connectivity index (χ0) is 14.7. The van der Waals surface area contributed by atoms with E-state index in [1.54, 1.807) is 7.11 Å². The Morgan fingerprint density at radius 3 is 2.40 bits per heavy atom. The summed E-state index contributed by atoms with van der Waals surface area (Å²) in [6.45, 7) is 3.88. The van der Waals surface area contributed by atoms with Crippen LogP contribution < -0.4 is 4.74 Å². The number of pyridine rings is 1. The fourth-order valence-electron chi connectivity index (χ4n) is 2.24. The minimum Gasteiger partial charge on any atom is -0.496 e. The highest BCUT2D eigenvalue weighted by atomic mass is 79.9. The molecule has 0 saturated heterocycles. The molecule has 0 aliphatic rings. The second-order valence-electron chi connectivity index (χ2n) is 4.87. The van der Waals surface area contributed by atoms with Gasteiger partial charge in [0.2, 0.25) is 0 Å². The molecule has 0 amide bonds. The van der Waals surface area contributed by atoms with E-state index in [4.69, 9.17) is 4.74 Å². The third kappa shape index (κ3) is 3.58. The molecule has 3 nitrogen and oxygen atoms in total. The summed E-state index contributed by atoms with van der Waals surface area (Å²) in [5.41, 5.74) is 3.81. The SMILES string of the molecule is COc1ccc(CC(O)c2cc(C)nc(C)c2)cc1Br. The van der Waals surface area contributed by atoms with E-state index in [2.05, 4.69) is 20.9 Å². The van der Waals surface area contributed by atoms with Crippen molar-refractivity contribution in [3.05, 3.63) is 57.3 Å². The first kappa shape index (κ1) is 15.0. The zero-order valence-corrected chi connectivity index (χ0v) is 13.4. The third-order valence-corrected chi connectivity index (χ3v) is 3.75. The van der Waals surface area contributed by atoms with Crippen molar-refractivity contribution in [3.63, 3.8) is 0 Å². The Balaban J connectivity index is 2.18. The van der Waals surface area contributed by atoms with Crippen LogP contribution in [0.2, 0.25) is 0 Å². The molecule has 2 rings (SSSR count). The van der Waals surface area contributed by atoms with Crippen molar-refractivity contribution in [2.75, 3.05) is 7.11 Å². The van der Waals surface area contributed by atoms with E-state index >= 15 is 0 Å². The molecule has 1 aromatic carbocycles. The molecule has 0 radical (unpaired) electrons. The molecule has 2 aromatic rings. The summed E-state index contributed by atoms with van der Waals surface area (Å²) < 4.78 is 6.10. The van der Waals surface area contributed by atoms with E-state index in [9.17, 15) is 5.11 Å². The number of aliphatic hydroxyl groups excluding tert-OH is 1. The van der Waals surface area contributed by atoms with Gasteiger partial charge >= 0.3 is 0 Å². The van der Waals surface area contributed by atoms with Crippen LogP contribution in [0.4, 0.5) is 0 Å². The maximum atomic E-state index is 10.4. The van der Waals surface area contributed by atoms with Crippen LogP contribution >= 0.6 is 15.9 Å². The van der Waals surface area contributed by atoms with Gasteiger partial charge in [0.05, 0.1) is 17.7 Å². The summed E-state index contributed by atoms with van der Waals surface area (Å²) in [7, 11) is 1.64. The second kappa shape index (κ2) is 6.37. The predicted molar refractivity (Wildman–Crippen MR) is 83.1 cm³/mol. The van der Waals surface area contributed by atoms with Crippen molar-refractivity contribution in [2.45, 2.75) is 26.4 Å². The molecule has 0 spiro atoms. The quantitative estimate of drug-likeness (QED) is 0.925. The number of aliphatic hydroxyl groups is 1. The van der Waals surface area contributed by atoms with E-state index in [0.717, 1.165) is 32.7 Å². The monoisotopic (exact) mass is 335 g/mol. The number of ether oxygens (including phenoxy) is 1.